The molecule has 2 aromatic rings. The van der Waals surface area contributed by atoms with Crippen LogP contribution in [0.3, 0.4) is 0 Å². The van der Waals surface area contributed by atoms with Gasteiger partial charge in [-0.1, -0.05) is 0 Å². The van der Waals surface area contributed by atoms with E-state index in [1.807, 2.05) is 38.1 Å². The molecule has 0 fully saturated rings. The zero-order chi connectivity index (χ0) is 16.1. The maximum Gasteiger partial charge on any atom is 0.253 e. The van der Waals surface area contributed by atoms with Crippen molar-refractivity contribution in [1.29, 1.82) is 0 Å². The third-order valence-electron chi connectivity index (χ3n) is 3.42. The van der Waals surface area contributed by atoms with Crippen molar-refractivity contribution in [2.45, 2.75) is 19.9 Å². The molecule has 0 aliphatic rings. The summed E-state index contributed by atoms with van der Waals surface area (Å²) in [6.07, 6.45) is 1.57. The predicted molar refractivity (Wildman–Crippen MR) is 84.4 cm³/mol. The number of rotatable bonds is 5. The van der Waals surface area contributed by atoms with Gasteiger partial charge in [0.2, 0.25) is 0 Å². The number of carbonyl (C=O) groups excluding carboxylic acids is 1. The molecule has 1 N–H and O–H groups in total. The Hall–Kier alpha value is -2.56. The van der Waals surface area contributed by atoms with E-state index in [0.717, 1.165) is 11.3 Å². The van der Waals surface area contributed by atoms with Gasteiger partial charge in [-0.2, -0.15) is 0 Å². The fourth-order valence-electron chi connectivity index (χ4n) is 2.14. The lowest BCUT2D eigenvalue weighted by Crippen LogP contribution is -2.27. The highest BCUT2D eigenvalue weighted by Crippen LogP contribution is 2.29. The van der Waals surface area contributed by atoms with Crippen LogP contribution >= 0.6 is 0 Å². The quantitative estimate of drug-likeness (QED) is 0.922. The molecule has 1 aromatic carbocycles. The Morgan fingerprint density at radius 2 is 1.95 bits per heavy atom. The van der Waals surface area contributed by atoms with Crippen LogP contribution in [0.1, 0.15) is 34.6 Å². The molecule has 0 bridgehead atoms. The molecule has 0 saturated heterocycles. The molecule has 1 aromatic heterocycles. The molecule has 116 valence electrons. The van der Waals surface area contributed by atoms with Crippen LogP contribution in [0.2, 0.25) is 0 Å². The summed E-state index contributed by atoms with van der Waals surface area (Å²) in [6, 6.07) is 8.85. The molecule has 1 unspecified atom stereocenters. The molecule has 5 heteroatoms. The van der Waals surface area contributed by atoms with Crippen LogP contribution in [-0.4, -0.2) is 25.1 Å². The van der Waals surface area contributed by atoms with Gasteiger partial charge < -0.3 is 14.8 Å². The topological polar surface area (TPSA) is 60.5 Å². The second-order valence-corrected chi connectivity index (χ2v) is 4.99. The van der Waals surface area contributed by atoms with Gasteiger partial charge in [0.25, 0.3) is 5.91 Å². The van der Waals surface area contributed by atoms with Crippen molar-refractivity contribution in [1.82, 2.24) is 10.3 Å². The Kier molecular flexibility index (Phi) is 4.99. The van der Waals surface area contributed by atoms with E-state index in [1.54, 1.807) is 26.5 Å². The second kappa shape index (κ2) is 6.93. The number of nitrogens with one attached hydrogen (secondary N) is 1. The Morgan fingerprint density at radius 1 is 1.18 bits per heavy atom. The van der Waals surface area contributed by atoms with E-state index in [2.05, 4.69) is 10.3 Å². The van der Waals surface area contributed by atoms with Crippen LogP contribution < -0.4 is 14.8 Å². The molecule has 0 radical (unpaired) electrons. The molecular formula is C17H20N2O3. The maximum absolute atomic E-state index is 12.3. The van der Waals surface area contributed by atoms with Gasteiger partial charge in [0.05, 0.1) is 25.8 Å². The van der Waals surface area contributed by atoms with Crippen molar-refractivity contribution in [3.63, 3.8) is 0 Å². The zero-order valence-corrected chi connectivity index (χ0v) is 13.2. The van der Waals surface area contributed by atoms with Gasteiger partial charge in [-0.05, 0) is 44.2 Å². The van der Waals surface area contributed by atoms with Crippen molar-refractivity contribution >= 4 is 5.91 Å². The monoisotopic (exact) mass is 300 g/mol. The third kappa shape index (κ3) is 3.55. The number of aromatic nitrogens is 1. The highest BCUT2D eigenvalue weighted by molar-refractivity contribution is 5.94. The summed E-state index contributed by atoms with van der Waals surface area (Å²) in [7, 11) is 3.20. The van der Waals surface area contributed by atoms with E-state index in [-0.39, 0.29) is 11.9 Å². The largest absolute Gasteiger partial charge is 0.497 e. The van der Waals surface area contributed by atoms with Crippen LogP contribution in [0.5, 0.6) is 11.5 Å². The van der Waals surface area contributed by atoms with Gasteiger partial charge in [-0.3, -0.25) is 9.78 Å². The average molecular weight is 300 g/mol. The van der Waals surface area contributed by atoms with Crippen molar-refractivity contribution in [3.8, 4) is 11.5 Å². The zero-order valence-electron chi connectivity index (χ0n) is 13.2. The molecule has 22 heavy (non-hydrogen) atoms. The lowest BCUT2D eigenvalue weighted by Gasteiger charge is -2.18. The predicted octanol–water partition coefficient (Wildman–Crippen LogP) is 2.90. The van der Waals surface area contributed by atoms with E-state index < -0.39 is 0 Å². The first-order chi connectivity index (χ1) is 10.5. The number of pyridine rings is 1. The molecule has 2 rings (SSSR count). The van der Waals surface area contributed by atoms with Crippen molar-refractivity contribution < 1.29 is 14.3 Å². The molecule has 0 aliphatic heterocycles. The Labute approximate surface area is 130 Å². The van der Waals surface area contributed by atoms with Crippen LogP contribution in [-0.2, 0) is 0 Å². The smallest absolute Gasteiger partial charge is 0.253 e. The number of carbonyl (C=O) groups is 1. The number of ether oxygens (including phenoxy) is 2. The first-order valence-corrected chi connectivity index (χ1v) is 7.00. The van der Waals surface area contributed by atoms with Gasteiger partial charge in [0, 0.05) is 17.5 Å². The highest BCUT2D eigenvalue weighted by Gasteiger charge is 2.16. The van der Waals surface area contributed by atoms with Crippen molar-refractivity contribution in [2.24, 2.45) is 0 Å². The maximum atomic E-state index is 12.3. The minimum atomic E-state index is -0.223. The van der Waals surface area contributed by atoms with E-state index in [1.165, 1.54) is 0 Å². The average Bonchev–Trinajstić information content (AvgIpc) is 2.54. The first kappa shape index (κ1) is 15.8. The first-order valence-electron chi connectivity index (χ1n) is 7.00. The molecule has 1 atom stereocenters. The number of hydrogen-bond acceptors (Lipinski definition) is 4. The summed E-state index contributed by atoms with van der Waals surface area (Å²) < 4.78 is 10.6. The van der Waals surface area contributed by atoms with Crippen LogP contribution in [0.25, 0.3) is 0 Å². The summed E-state index contributed by atoms with van der Waals surface area (Å²) in [5, 5.41) is 2.94. The van der Waals surface area contributed by atoms with Gasteiger partial charge in [-0.15, -0.1) is 0 Å². The summed E-state index contributed by atoms with van der Waals surface area (Å²) in [5.74, 6) is 1.24. The SMILES string of the molecule is COc1ccc(OC)c(C(C)NC(=O)c2ccc(C)nc2)c1. The molecule has 5 nitrogen and oxygen atoms in total. The molecule has 0 aliphatic carbocycles. The number of amides is 1. The number of methoxy groups -OCH3 is 2. The highest BCUT2D eigenvalue weighted by atomic mass is 16.5. The summed E-state index contributed by atoms with van der Waals surface area (Å²) >= 11 is 0. The van der Waals surface area contributed by atoms with Crippen LogP contribution in [0, 0.1) is 6.92 Å². The van der Waals surface area contributed by atoms with Crippen LogP contribution in [0.15, 0.2) is 36.5 Å². The minimum Gasteiger partial charge on any atom is -0.497 e. The number of nitrogens with zero attached hydrogens (tertiary/aromatic N) is 1. The number of benzene rings is 1. The summed E-state index contributed by atoms with van der Waals surface area (Å²) in [6.45, 7) is 3.78. The summed E-state index contributed by atoms with van der Waals surface area (Å²) in [4.78, 5) is 16.4. The van der Waals surface area contributed by atoms with E-state index >= 15 is 0 Å². The number of aryl methyl sites for hydroxylation is 1. The Morgan fingerprint density at radius 3 is 2.55 bits per heavy atom. The summed E-state index contributed by atoms with van der Waals surface area (Å²) in [5.41, 5.74) is 2.26. The third-order valence-corrected chi connectivity index (χ3v) is 3.42. The van der Waals surface area contributed by atoms with E-state index in [9.17, 15) is 4.79 Å². The van der Waals surface area contributed by atoms with E-state index in [0.29, 0.717) is 17.1 Å². The Balaban J connectivity index is 2.19. The van der Waals surface area contributed by atoms with Crippen LogP contribution in [0.4, 0.5) is 0 Å². The minimum absolute atomic E-state index is 0.176. The second-order valence-electron chi connectivity index (χ2n) is 4.99. The van der Waals surface area contributed by atoms with Gasteiger partial charge in [-0.25, -0.2) is 0 Å². The molecule has 1 amide bonds. The number of hydrogen-bond donors (Lipinski definition) is 1. The molecule has 1 heterocycles. The van der Waals surface area contributed by atoms with E-state index in [4.69, 9.17) is 9.47 Å². The fourth-order valence-corrected chi connectivity index (χ4v) is 2.14. The van der Waals surface area contributed by atoms with Crippen molar-refractivity contribution in [2.75, 3.05) is 14.2 Å². The van der Waals surface area contributed by atoms with Gasteiger partial charge in [0.15, 0.2) is 0 Å². The normalized spacial score (nSPS) is 11.6. The fraction of sp³-hybridized carbons (Fsp3) is 0.294. The van der Waals surface area contributed by atoms with Gasteiger partial charge >= 0.3 is 0 Å². The van der Waals surface area contributed by atoms with Crippen molar-refractivity contribution in [3.05, 3.63) is 53.3 Å². The lowest BCUT2D eigenvalue weighted by molar-refractivity contribution is 0.0939. The lowest BCUT2D eigenvalue weighted by atomic mass is 10.1. The van der Waals surface area contributed by atoms with Gasteiger partial charge in [0.1, 0.15) is 11.5 Å². The standard InChI is InChI=1S/C17H20N2O3/c1-11-5-6-13(10-18-11)17(20)19-12(2)15-9-14(21-3)7-8-16(15)22-4/h5-10,12H,1-4H3,(H,19,20). The molecular weight excluding hydrogens is 280 g/mol. The molecule has 0 saturated carbocycles. The molecule has 0 spiro atoms. The Bertz CT molecular complexity index is 653.